The molecule has 1 N–H and O–H groups in total. The lowest BCUT2D eigenvalue weighted by atomic mass is 10.2. The molecule has 0 saturated heterocycles. The summed E-state index contributed by atoms with van der Waals surface area (Å²) in [5.74, 6) is 0.360. The molecule has 0 radical (unpaired) electrons. The molecule has 18 heavy (non-hydrogen) atoms. The van der Waals surface area contributed by atoms with Crippen LogP contribution in [0.1, 0.15) is 32.0 Å². The second-order valence-corrected chi connectivity index (χ2v) is 6.68. The van der Waals surface area contributed by atoms with Crippen molar-refractivity contribution < 1.29 is 8.42 Å². The number of hydrogen-bond acceptors (Lipinski definition) is 4. The van der Waals surface area contributed by atoms with Crippen LogP contribution < -0.4 is 5.32 Å². The first-order valence-corrected chi connectivity index (χ1v) is 8.30. The van der Waals surface area contributed by atoms with Crippen molar-refractivity contribution in [3.63, 3.8) is 0 Å². The normalized spacial score (nSPS) is 11.9. The smallest absolute Gasteiger partial charge is 0.151 e. The number of aromatic nitrogens is 2. The lowest BCUT2D eigenvalue weighted by molar-refractivity contribution is 0.574. The Bertz CT molecular complexity index is 466. The van der Waals surface area contributed by atoms with E-state index in [0.29, 0.717) is 6.54 Å². The Balaban J connectivity index is 2.74. The fraction of sp³-hybridized carbons (Fsp3) is 0.750. The molecule has 0 bridgehead atoms. The summed E-state index contributed by atoms with van der Waals surface area (Å²) in [4.78, 5) is 0. The van der Waals surface area contributed by atoms with Crippen molar-refractivity contribution in [2.75, 3.05) is 18.1 Å². The monoisotopic (exact) mass is 273 g/mol. The highest BCUT2D eigenvalue weighted by Crippen LogP contribution is 2.10. The minimum Gasteiger partial charge on any atom is -0.313 e. The van der Waals surface area contributed by atoms with E-state index in [9.17, 15) is 8.42 Å². The number of aryl methyl sites for hydroxylation is 1. The van der Waals surface area contributed by atoms with Gasteiger partial charge in [0.2, 0.25) is 0 Å². The molecule has 0 amide bonds. The first-order valence-electron chi connectivity index (χ1n) is 6.48. The van der Waals surface area contributed by atoms with Crippen molar-refractivity contribution >= 4 is 9.84 Å². The molecule has 0 aliphatic heterocycles. The largest absolute Gasteiger partial charge is 0.313 e. The van der Waals surface area contributed by atoms with Gasteiger partial charge in [-0.1, -0.05) is 20.8 Å². The van der Waals surface area contributed by atoms with Gasteiger partial charge in [-0.2, -0.15) is 5.10 Å². The third kappa shape index (κ3) is 4.10. The summed E-state index contributed by atoms with van der Waals surface area (Å²) in [7, 11) is -2.93. The maximum absolute atomic E-state index is 11.5. The van der Waals surface area contributed by atoms with E-state index in [1.54, 1.807) is 6.92 Å². The molecule has 0 aromatic carbocycles. The van der Waals surface area contributed by atoms with E-state index >= 15 is 0 Å². The van der Waals surface area contributed by atoms with Crippen molar-refractivity contribution in [3.8, 4) is 0 Å². The molecule has 1 heterocycles. The molecule has 1 aromatic rings. The molecule has 0 aliphatic carbocycles. The summed E-state index contributed by atoms with van der Waals surface area (Å²) in [5.41, 5.74) is 2.29. The molecule has 1 rings (SSSR count). The molecule has 0 spiro atoms. The zero-order chi connectivity index (χ0) is 13.6. The van der Waals surface area contributed by atoms with Crippen LogP contribution in [0.4, 0.5) is 0 Å². The Morgan fingerprint density at radius 1 is 1.33 bits per heavy atom. The second-order valence-electron chi connectivity index (χ2n) is 4.21. The fourth-order valence-corrected chi connectivity index (χ4v) is 2.57. The third-order valence-electron chi connectivity index (χ3n) is 2.99. The highest BCUT2D eigenvalue weighted by Gasteiger charge is 2.12. The van der Waals surface area contributed by atoms with Crippen LogP contribution in [0.25, 0.3) is 0 Å². The molecule has 104 valence electrons. The summed E-state index contributed by atoms with van der Waals surface area (Å²) in [6, 6.07) is 0. The van der Waals surface area contributed by atoms with E-state index in [1.807, 2.05) is 10.9 Å². The number of rotatable bonds is 8. The standard InChI is InChI=1S/C12H23N3O2S/c1-4-12-11(9-13-5-2)10-14-15(12)7-8-18(16,17)6-3/h10,13H,4-9H2,1-3H3. The molecule has 0 atom stereocenters. The van der Waals surface area contributed by atoms with E-state index in [4.69, 9.17) is 0 Å². The van der Waals surface area contributed by atoms with Gasteiger partial charge in [-0.3, -0.25) is 4.68 Å². The summed E-state index contributed by atoms with van der Waals surface area (Å²) >= 11 is 0. The number of hydrogen-bond donors (Lipinski definition) is 1. The molecule has 6 heteroatoms. The summed E-state index contributed by atoms with van der Waals surface area (Å²) < 4.78 is 24.8. The Labute approximate surface area is 109 Å². The first kappa shape index (κ1) is 15.2. The predicted octanol–water partition coefficient (Wildman–Crippen LogP) is 0.990. The van der Waals surface area contributed by atoms with Crippen LogP contribution in [-0.2, 0) is 29.3 Å². The van der Waals surface area contributed by atoms with Gasteiger partial charge >= 0.3 is 0 Å². The highest BCUT2D eigenvalue weighted by atomic mass is 32.2. The van der Waals surface area contributed by atoms with Crippen molar-refractivity contribution in [1.82, 2.24) is 15.1 Å². The van der Waals surface area contributed by atoms with Gasteiger partial charge in [-0.05, 0) is 13.0 Å². The lowest BCUT2D eigenvalue weighted by Gasteiger charge is -2.08. The average molecular weight is 273 g/mol. The summed E-state index contributed by atoms with van der Waals surface area (Å²) in [6.07, 6.45) is 2.70. The van der Waals surface area contributed by atoms with E-state index in [1.165, 1.54) is 0 Å². The minimum atomic E-state index is -2.93. The van der Waals surface area contributed by atoms with Gasteiger partial charge in [0.1, 0.15) is 0 Å². The number of nitrogens with one attached hydrogen (secondary N) is 1. The molecule has 0 aliphatic rings. The maximum atomic E-state index is 11.5. The van der Waals surface area contributed by atoms with Gasteiger partial charge in [0.25, 0.3) is 0 Å². The van der Waals surface area contributed by atoms with Gasteiger partial charge in [-0.25, -0.2) is 8.42 Å². The van der Waals surface area contributed by atoms with E-state index in [-0.39, 0.29) is 11.5 Å². The van der Waals surface area contributed by atoms with Crippen LogP contribution >= 0.6 is 0 Å². The zero-order valence-corrected chi connectivity index (χ0v) is 12.3. The van der Waals surface area contributed by atoms with Crippen molar-refractivity contribution in [1.29, 1.82) is 0 Å². The fourth-order valence-electron chi connectivity index (χ4n) is 1.83. The predicted molar refractivity (Wildman–Crippen MR) is 73.3 cm³/mol. The van der Waals surface area contributed by atoms with Crippen LogP contribution in [0.2, 0.25) is 0 Å². The summed E-state index contributed by atoms with van der Waals surface area (Å²) in [6.45, 7) is 7.96. The zero-order valence-electron chi connectivity index (χ0n) is 11.4. The Morgan fingerprint density at radius 2 is 2.06 bits per heavy atom. The SMILES string of the molecule is CCNCc1cnn(CCS(=O)(=O)CC)c1CC. The quantitative estimate of drug-likeness (QED) is 0.767. The topological polar surface area (TPSA) is 64.0 Å². The molecule has 0 unspecified atom stereocenters. The molecule has 5 nitrogen and oxygen atoms in total. The Kier molecular flexibility index (Phi) is 5.81. The van der Waals surface area contributed by atoms with Crippen LogP contribution in [0.3, 0.4) is 0 Å². The van der Waals surface area contributed by atoms with Crippen LogP contribution in [-0.4, -0.2) is 36.2 Å². The highest BCUT2D eigenvalue weighted by molar-refractivity contribution is 7.91. The Morgan fingerprint density at radius 3 is 2.61 bits per heavy atom. The van der Waals surface area contributed by atoms with Crippen LogP contribution in [0, 0.1) is 0 Å². The van der Waals surface area contributed by atoms with Gasteiger partial charge in [0, 0.05) is 23.6 Å². The maximum Gasteiger partial charge on any atom is 0.151 e. The number of nitrogens with zero attached hydrogens (tertiary/aromatic N) is 2. The second kappa shape index (κ2) is 6.89. The third-order valence-corrected chi connectivity index (χ3v) is 4.67. The molecule has 0 fully saturated rings. The lowest BCUT2D eigenvalue weighted by Crippen LogP contribution is -2.18. The van der Waals surface area contributed by atoms with Crippen molar-refractivity contribution in [2.45, 2.75) is 40.3 Å². The van der Waals surface area contributed by atoms with Crippen LogP contribution in [0.5, 0.6) is 0 Å². The average Bonchev–Trinajstić information content (AvgIpc) is 2.76. The number of sulfone groups is 1. The van der Waals surface area contributed by atoms with E-state index in [2.05, 4.69) is 24.3 Å². The first-order chi connectivity index (χ1) is 8.54. The van der Waals surface area contributed by atoms with Crippen LogP contribution in [0.15, 0.2) is 6.20 Å². The molecule has 0 saturated carbocycles. The van der Waals surface area contributed by atoms with Crippen molar-refractivity contribution in [3.05, 3.63) is 17.5 Å². The van der Waals surface area contributed by atoms with Gasteiger partial charge in [0.05, 0.1) is 18.5 Å². The molecule has 1 aromatic heterocycles. The van der Waals surface area contributed by atoms with Gasteiger partial charge < -0.3 is 5.32 Å². The van der Waals surface area contributed by atoms with Crippen molar-refractivity contribution in [2.24, 2.45) is 0 Å². The Hall–Kier alpha value is -0.880. The molecular formula is C12H23N3O2S. The van der Waals surface area contributed by atoms with Gasteiger partial charge in [0.15, 0.2) is 9.84 Å². The summed E-state index contributed by atoms with van der Waals surface area (Å²) in [5, 5.41) is 7.55. The molecular weight excluding hydrogens is 250 g/mol. The van der Waals surface area contributed by atoms with E-state index in [0.717, 1.165) is 30.8 Å². The minimum absolute atomic E-state index is 0.166. The van der Waals surface area contributed by atoms with Gasteiger partial charge in [-0.15, -0.1) is 0 Å². The van der Waals surface area contributed by atoms with E-state index < -0.39 is 9.84 Å².